The van der Waals surface area contributed by atoms with Crippen molar-refractivity contribution in [1.82, 2.24) is 0 Å². The highest BCUT2D eigenvalue weighted by Crippen LogP contribution is 2.35. The maximum absolute atomic E-state index is 9.98. The fourth-order valence-electron chi connectivity index (χ4n) is 0.238. The molecule has 0 aliphatic heterocycles. The number of alkyl halides is 1. The van der Waals surface area contributed by atoms with Gasteiger partial charge in [0.25, 0.3) is 0 Å². The summed E-state index contributed by atoms with van der Waals surface area (Å²) in [5.41, 5.74) is 0. The summed E-state index contributed by atoms with van der Waals surface area (Å²) in [6.45, 7) is 0.132. The molecule has 0 aromatic rings. The zero-order chi connectivity index (χ0) is 7.33. The highest BCUT2D eigenvalue weighted by atomic mass is 127. The minimum atomic E-state index is -4.20. The van der Waals surface area contributed by atoms with Gasteiger partial charge >= 0.3 is 7.82 Å². The van der Waals surface area contributed by atoms with Gasteiger partial charge in [-0.05, 0) is 6.42 Å². The van der Waals surface area contributed by atoms with Gasteiger partial charge in [0.05, 0.1) is 6.61 Å². The van der Waals surface area contributed by atoms with Gasteiger partial charge in [0, 0.05) is 4.43 Å². The molecule has 0 heterocycles. The number of hydrogen-bond donors (Lipinski definition) is 2. The molecule has 0 aliphatic rings. The topological polar surface area (TPSA) is 66.8 Å². The summed E-state index contributed by atoms with van der Waals surface area (Å²) in [5.74, 6) is 0. The lowest BCUT2D eigenvalue weighted by atomic mass is 10.5. The van der Waals surface area contributed by atoms with E-state index in [1.165, 1.54) is 0 Å². The Hall–Kier alpha value is 0.840. The third kappa shape index (κ3) is 8.84. The SMILES string of the molecule is O=P(O)(O)OCCCI. The Morgan fingerprint density at radius 3 is 2.44 bits per heavy atom. The molecule has 0 radical (unpaired) electrons. The van der Waals surface area contributed by atoms with Crippen LogP contribution in [0.1, 0.15) is 6.42 Å². The molecule has 0 unspecified atom stereocenters. The van der Waals surface area contributed by atoms with Crippen LogP contribution in [0.15, 0.2) is 0 Å². The molecule has 0 amide bonds. The largest absolute Gasteiger partial charge is 0.469 e. The molecular formula is C3H8IO4P. The Balaban J connectivity index is 3.18. The van der Waals surface area contributed by atoms with Crippen molar-refractivity contribution in [2.24, 2.45) is 0 Å². The van der Waals surface area contributed by atoms with E-state index in [2.05, 4.69) is 27.1 Å². The Morgan fingerprint density at radius 1 is 1.56 bits per heavy atom. The van der Waals surface area contributed by atoms with Crippen molar-refractivity contribution in [3.63, 3.8) is 0 Å². The van der Waals surface area contributed by atoms with E-state index in [0.29, 0.717) is 6.42 Å². The first kappa shape index (κ1) is 9.84. The van der Waals surface area contributed by atoms with Gasteiger partial charge in [-0.25, -0.2) is 4.57 Å². The molecule has 0 aromatic heterocycles. The molecule has 0 aliphatic carbocycles. The van der Waals surface area contributed by atoms with Crippen LogP contribution in [-0.2, 0) is 9.09 Å². The molecular weight excluding hydrogens is 258 g/mol. The third-order valence-corrected chi connectivity index (χ3v) is 1.82. The number of halogens is 1. The number of phosphoric ester groups is 1. The predicted molar refractivity (Wildman–Crippen MR) is 41.5 cm³/mol. The fourth-order valence-corrected chi connectivity index (χ4v) is 0.916. The van der Waals surface area contributed by atoms with Gasteiger partial charge < -0.3 is 9.79 Å². The van der Waals surface area contributed by atoms with Gasteiger partial charge in [0.15, 0.2) is 0 Å². The van der Waals surface area contributed by atoms with Crippen LogP contribution in [0, 0.1) is 0 Å². The maximum atomic E-state index is 9.98. The zero-order valence-electron chi connectivity index (χ0n) is 4.66. The van der Waals surface area contributed by atoms with Gasteiger partial charge in [-0.1, -0.05) is 22.6 Å². The average molecular weight is 266 g/mol. The van der Waals surface area contributed by atoms with E-state index in [1.54, 1.807) is 0 Å². The smallest absolute Gasteiger partial charge is 0.303 e. The van der Waals surface area contributed by atoms with E-state index < -0.39 is 7.82 Å². The lowest BCUT2D eigenvalue weighted by molar-refractivity contribution is 0.198. The van der Waals surface area contributed by atoms with Crippen LogP contribution in [0.2, 0.25) is 0 Å². The third-order valence-electron chi connectivity index (χ3n) is 0.537. The molecule has 0 spiro atoms. The van der Waals surface area contributed by atoms with Crippen molar-refractivity contribution >= 4 is 30.4 Å². The molecule has 0 rings (SSSR count). The lowest BCUT2D eigenvalue weighted by Crippen LogP contribution is -1.91. The zero-order valence-corrected chi connectivity index (χ0v) is 7.71. The van der Waals surface area contributed by atoms with Gasteiger partial charge in [-0.15, -0.1) is 0 Å². The fraction of sp³-hybridized carbons (Fsp3) is 1.00. The van der Waals surface area contributed by atoms with Crippen LogP contribution in [-0.4, -0.2) is 20.8 Å². The van der Waals surface area contributed by atoms with Crippen LogP contribution in [0.5, 0.6) is 0 Å². The van der Waals surface area contributed by atoms with Crippen LogP contribution >= 0.6 is 30.4 Å². The summed E-state index contributed by atoms with van der Waals surface area (Å²) in [4.78, 5) is 16.3. The van der Waals surface area contributed by atoms with E-state index in [0.717, 1.165) is 4.43 Å². The quantitative estimate of drug-likeness (QED) is 0.343. The first-order chi connectivity index (χ1) is 4.06. The monoisotopic (exact) mass is 266 g/mol. The molecule has 0 fully saturated rings. The van der Waals surface area contributed by atoms with E-state index >= 15 is 0 Å². The Labute approximate surface area is 67.0 Å². The van der Waals surface area contributed by atoms with Crippen molar-refractivity contribution in [1.29, 1.82) is 0 Å². The van der Waals surface area contributed by atoms with Crippen molar-refractivity contribution in [2.45, 2.75) is 6.42 Å². The summed E-state index contributed by atoms with van der Waals surface area (Å²) in [6.07, 6.45) is 0.672. The van der Waals surface area contributed by atoms with E-state index in [9.17, 15) is 4.57 Å². The summed E-state index contributed by atoms with van der Waals surface area (Å²) in [5, 5.41) is 0. The molecule has 0 bridgehead atoms. The molecule has 56 valence electrons. The number of phosphoric acid groups is 1. The molecule has 4 nitrogen and oxygen atoms in total. The summed E-state index contributed by atoms with van der Waals surface area (Å²) >= 11 is 2.11. The Morgan fingerprint density at radius 2 is 2.11 bits per heavy atom. The molecule has 9 heavy (non-hydrogen) atoms. The Kier molecular flexibility index (Phi) is 5.06. The second-order valence-corrected chi connectivity index (χ2v) is 3.68. The molecule has 2 N–H and O–H groups in total. The number of rotatable bonds is 4. The predicted octanol–water partition coefficient (Wildman–Crippen LogP) is 0.921. The van der Waals surface area contributed by atoms with Crippen molar-refractivity contribution in [2.75, 3.05) is 11.0 Å². The highest BCUT2D eigenvalue weighted by molar-refractivity contribution is 14.1. The van der Waals surface area contributed by atoms with Crippen LogP contribution in [0.25, 0.3) is 0 Å². The first-order valence-electron chi connectivity index (χ1n) is 2.32. The van der Waals surface area contributed by atoms with E-state index in [-0.39, 0.29) is 6.61 Å². The van der Waals surface area contributed by atoms with E-state index in [1.807, 2.05) is 0 Å². The van der Waals surface area contributed by atoms with Crippen molar-refractivity contribution < 1.29 is 18.9 Å². The van der Waals surface area contributed by atoms with E-state index in [4.69, 9.17) is 9.79 Å². The van der Waals surface area contributed by atoms with Gasteiger partial charge in [0.1, 0.15) is 0 Å². The van der Waals surface area contributed by atoms with Crippen LogP contribution in [0.3, 0.4) is 0 Å². The Bertz CT molecular complexity index is 110. The van der Waals surface area contributed by atoms with Crippen LogP contribution < -0.4 is 0 Å². The minimum absolute atomic E-state index is 0.132. The maximum Gasteiger partial charge on any atom is 0.469 e. The normalized spacial score (nSPS) is 11.9. The summed E-state index contributed by atoms with van der Waals surface area (Å²) in [7, 11) is -4.20. The van der Waals surface area contributed by atoms with Gasteiger partial charge in [-0.3, -0.25) is 4.52 Å². The average Bonchev–Trinajstić information content (AvgIpc) is 1.63. The molecule has 0 saturated carbocycles. The second-order valence-electron chi connectivity index (χ2n) is 1.37. The van der Waals surface area contributed by atoms with Gasteiger partial charge in [0.2, 0.25) is 0 Å². The minimum Gasteiger partial charge on any atom is -0.303 e. The molecule has 6 heteroatoms. The van der Waals surface area contributed by atoms with Crippen molar-refractivity contribution in [3.05, 3.63) is 0 Å². The standard InChI is InChI=1S/C3H8IO4P/c4-2-1-3-8-9(5,6)7/h1-3H2,(H2,5,6,7). The molecule has 0 atom stereocenters. The van der Waals surface area contributed by atoms with Crippen LogP contribution in [0.4, 0.5) is 0 Å². The lowest BCUT2D eigenvalue weighted by Gasteiger charge is -2.01. The first-order valence-corrected chi connectivity index (χ1v) is 5.38. The molecule has 0 aromatic carbocycles. The van der Waals surface area contributed by atoms with Crippen molar-refractivity contribution in [3.8, 4) is 0 Å². The van der Waals surface area contributed by atoms with Gasteiger partial charge in [-0.2, -0.15) is 0 Å². The number of hydrogen-bond acceptors (Lipinski definition) is 2. The highest BCUT2D eigenvalue weighted by Gasteiger charge is 2.11. The molecule has 0 saturated heterocycles. The summed E-state index contributed by atoms with van der Waals surface area (Å²) in [6, 6.07) is 0. The second kappa shape index (κ2) is 4.62. The summed E-state index contributed by atoms with van der Waals surface area (Å²) < 4.78 is 15.0.